The molecule has 1 N–H and O–H groups in total. The van der Waals surface area contributed by atoms with Crippen LogP contribution in [0.5, 0.6) is 0 Å². The van der Waals surface area contributed by atoms with Gasteiger partial charge in [-0.2, -0.15) is 0 Å². The van der Waals surface area contributed by atoms with Crippen molar-refractivity contribution in [1.82, 2.24) is 0 Å². The maximum atomic E-state index is 11.5. The first kappa shape index (κ1) is 16.3. The number of thioether (sulfide) groups is 1. The summed E-state index contributed by atoms with van der Waals surface area (Å²) in [6.07, 6.45) is 1.05. The van der Waals surface area contributed by atoms with Gasteiger partial charge >= 0.3 is 5.17 Å². The second-order valence-electron chi connectivity index (χ2n) is 6.02. The van der Waals surface area contributed by atoms with Crippen LogP contribution in [0.2, 0.25) is 10.0 Å². The molecule has 0 spiro atoms. The van der Waals surface area contributed by atoms with Gasteiger partial charge in [0.25, 0.3) is 5.72 Å². The van der Waals surface area contributed by atoms with Gasteiger partial charge in [-0.3, -0.25) is 0 Å². The van der Waals surface area contributed by atoms with E-state index in [1.165, 1.54) is 0 Å². The molecule has 3 nitrogen and oxygen atoms in total. The fraction of sp³-hybridized carbons (Fsp3) is 0.278. The Kier molecular flexibility index (Phi) is 4.25. The van der Waals surface area contributed by atoms with Crippen LogP contribution in [-0.4, -0.2) is 33.7 Å². The van der Waals surface area contributed by atoms with E-state index in [0.29, 0.717) is 16.6 Å². The van der Waals surface area contributed by atoms with E-state index in [4.69, 9.17) is 23.2 Å². The first-order valence-corrected chi connectivity index (χ1v) is 9.61. The standard InChI is InChI=1S/C18H17Cl2N2OS/c19-14-4-2-13(3-5-14)18(23)12-21(16-8-6-15(20)7-9-16)17-22(18)10-1-11-24-17/h2-9,23H,1,10-12H2/q+1. The Balaban J connectivity index is 1.78. The molecule has 2 aromatic carbocycles. The van der Waals surface area contributed by atoms with Crippen molar-refractivity contribution < 1.29 is 9.68 Å². The van der Waals surface area contributed by atoms with Gasteiger partial charge in [0.05, 0.1) is 6.54 Å². The van der Waals surface area contributed by atoms with Crippen molar-refractivity contribution in [2.24, 2.45) is 0 Å². The summed E-state index contributed by atoms with van der Waals surface area (Å²) >= 11 is 13.8. The molecule has 124 valence electrons. The Hall–Kier alpha value is -1.20. The second kappa shape index (κ2) is 6.26. The number of halogens is 2. The summed E-state index contributed by atoms with van der Waals surface area (Å²) in [5.41, 5.74) is 0.856. The van der Waals surface area contributed by atoms with Crippen LogP contribution < -0.4 is 4.90 Å². The minimum Gasteiger partial charge on any atom is -0.346 e. The van der Waals surface area contributed by atoms with Crippen LogP contribution in [-0.2, 0) is 5.72 Å². The Bertz CT molecular complexity index is 792. The zero-order chi connectivity index (χ0) is 16.7. The summed E-state index contributed by atoms with van der Waals surface area (Å²) in [7, 11) is 0. The summed E-state index contributed by atoms with van der Waals surface area (Å²) in [6.45, 7) is 1.32. The molecule has 0 saturated carbocycles. The molecule has 0 fully saturated rings. The number of rotatable bonds is 2. The van der Waals surface area contributed by atoms with Gasteiger partial charge < -0.3 is 5.11 Å². The average molecular weight is 380 g/mol. The third-order valence-electron chi connectivity index (χ3n) is 4.49. The fourth-order valence-corrected chi connectivity index (χ4v) is 4.72. The molecule has 6 heteroatoms. The number of amidine groups is 1. The van der Waals surface area contributed by atoms with Gasteiger partial charge in [-0.15, -0.1) is 0 Å². The number of β-amino-alcohol motifs (C(OH)–C–C–N with tert-alkyl or cyclic N) is 1. The number of nitrogens with zero attached hydrogens (tertiary/aromatic N) is 2. The lowest BCUT2D eigenvalue weighted by atomic mass is 10.0. The lowest BCUT2D eigenvalue weighted by molar-refractivity contribution is -0.656. The highest BCUT2D eigenvalue weighted by molar-refractivity contribution is 8.13. The van der Waals surface area contributed by atoms with E-state index in [-0.39, 0.29) is 0 Å². The van der Waals surface area contributed by atoms with Crippen LogP contribution in [0.25, 0.3) is 0 Å². The Morgan fingerprint density at radius 2 is 1.62 bits per heavy atom. The van der Waals surface area contributed by atoms with E-state index in [2.05, 4.69) is 9.48 Å². The molecule has 2 aromatic rings. The molecule has 0 aliphatic carbocycles. The van der Waals surface area contributed by atoms with Crippen molar-refractivity contribution in [3.05, 3.63) is 64.1 Å². The molecule has 0 saturated heterocycles. The summed E-state index contributed by atoms with van der Waals surface area (Å²) in [5, 5.41) is 14.0. The zero-order valence-electron chi connectivity index (χ0n) is 13.0. The van der Waals surface area contributed by atoms with Crippen molar-refractivity contribution in [3.63, 3.8) is 0 Å². The van der Waals surface area contributed by atoms with Crippen LogP contribution in [0.3, 0.4) is 0 Å². The monoisotopic (exact) mass is 379 g/mol. The van der Waals surface area contributed by atoms with Crippen molar-refractivity contribution in [2.75, 3.05) is 23.7 Å². The fourth-order valence-electron chi connectivity index (χ4n) is 3.29. The second-order valence-corrected chi connectivity index (χ2v) is 7.96. The average Bonchev–Trinajstić information content (AvgIpc) is 2.91. The lowest BCUT2D eigenvalue weighted by Gasteiger charge is -2.24. The van der Waals surface area contributed by atoms with Crippen molar-refractivity contribution in [2.45, 2.75) is 12.1 Å². The molecular weight excluding hydrogens is 363 g/mol. The molecule has 1 unspecified atom stereocenters. The summed E-state index contributed by atoms with van der Waals surface area (Å²) in [4.78, 5) is 2.18. The number of anilines is 1. The van der Waals surface area contributed by atoms with Crippen molar-refractivity contribution in [1.29, 1.82) is 0 Å². The van der Waals surface area contributed by atoms with Crippen molar-refractivity contribution >= 4 is 45.8 Å². The largest absolute Gasteiger partial charge is 0.346 e. The number of hydrogen-bond acceptors (Lipinski definition) is 3. The van der Waals surface area contributed by atoms with Gasteiger partial charge in [-0.1, -0.05) is 35.3 Å². The van der Waals surface area contributed by atoms with Gasteiger partial charge in [-0.05, 0) is 54.6 Å². The van der Waals surface area contributed by atoms with E-state index < -0.39 is 5.72 Å². The SMILES string of the molecule is OC1(c2ccc(Cl)cc2)CN(c2ccc(Cl)cc2)C2=[N+]1CCCS2. The van der Waals surface area contributed by atoms with Gasteiger partial charge in [0.2, 0.25) is 0 Å². The third-order valence-corrected chi connectivity index (χ3v) is 6.18. The highest BCUT2D eigenvalue weighted by atomic mass is 35.5. The predicted molar refractivity (Wildman–Crippen MR) is 101 cm³/mol. The Morgan fingerprint density at radius 1 is 1.00 bits per heavy atom. The molecule has 0 amide bonds. The quantitative estimate of drug-likeness (QED) is 0.793. The van der Waals surface area contributed by atoms with Crippen LogP contribution >= 0.6 is 35.0 Å². The molecule has 1 atom stereocenters. The van der Waals surface area contributed by atoms with E-state index >= 15 is 0 Å². The highest BCUT2D eigenvalue weighted by Crippen LogP contribution is 2.38. The van der Waals surface area contributed by atoms with Crippen LogP contribution in [0.4, 0.5) is 5.69 Å². The van der Waals surface area contributed by atoms with Gasteiger partial charge in [0.1, 0.15) is 5.69 Å². The summed E-state index contributed by atoms with van der Waals surface area (Å²) < 4.78 is 2.11. The number of benzene rings is 2. The number of hydrogen-bond donors (Lipinski definition) is 1. The third kappa shape index (κ3) is 2.72. The van der Waals surface area contributed by atoms with E-state index in [1.54, 1.807) is 11.8 Å². The molecule has 0 radical (unpaired) electrons. The first-order valence-electron chi connectivity index (χ1n) is 7.87. The minimum atomic E-state index is -1.05. The lowest BCUT2D eigenvalue weighted by Crippen LogP contribution is -2.41. The molecule has 0 aromatic heterocycles. The van der Waals surface area contributed by atoms with Gasteiger partial charge in [-0.25, -0.2) is 9.48 Å². The molecule has 0 bridgehead atoms. The predicted octanol–water partition coefficient (Wildman–Crippen LogP) is 4.16. The van der Waals surface area contributed by atoms with Crippen LogP contribution in [0.1, 0.15) is 12.0 Å². The maximum absolute atomic E-state index is 11.5. The first-order chi connectivity index (χ1) is 11.6. The molecule has 4 rings (SSSR count). The van der Waals surface area contributed by atoms with Crippen LogP contribution in [0, 0.1) is 0 Å². The molecule has 2 aliphatic rings. The van der Waals surface area contributed by atoms with Gasteiger partial charge in [0, 0.05) is 21.4 Å². The number of aliphatic hydroxyl groups is 1. The molecular formula is C18H17Cl2N2OS+. The normalized spacial score (nSPS) is 23.5. The van der Waals surface area contributed by atoms with E-state index in [1.807, 2.05) is 48.5 Å². The molecule has 2 heterocycles. The smallest absolute Gasteiger partial charge is 0.316 e. The minimum absolute atomic E-state index is 0.485. The van der Waals surface area contributed by atoms with Gasteiger partial charge in [0.15, 0.2) is 6.54 Å². The Morgan fingerprint density at radius 3 is 2.29 bits per heavy atom. The van der Waals surface area contributed by atoms with E-state index in [9.17, 15) is 5.11 Å². The summed E-state index contributed by atoms with van der Waals surface area (Å²) in [5.74, 6) is 1.06. The van der Waals surface area contributed by atoms with E-state index in [0.717, 1.165) is 35.1 Å². The highest BCUT2D eigenvalue weighted by Gasteiger charge is 2.53. The van der Waals surface area contributed by atoms with Crippen LogP contribution in [0.15, 0.2) is 48.5 Å². The Labute approximate surface area is 155 Å². The maximum Gasteiger partial charge on any atom is 0.316 e. The molecule has 24 heavy (non-hydrogen) atoms. The van der Waals surface area contributed by atoms with Crippen molar-refractivity contribution in [3.8, 4) is 0 Å². The topological polar surface area (TPSA) is 26.5 Å². The summed E-state index contributed by atoms with van der Waals surface area (Å²) in [6, 6.07) is 15.2. The molecule has 2 aliphatic heterocycles. The zero-order valence-corrected chi connectivity index (χ0v) is 15.3.